The Kier molecular flexibility index (Phi) is 7.93. The van der Waals surface area contributed by atoms with Crippen LogP contribution < -0.4 is 19.3 Å². The Balaban J connectivity index is 1.67. The van der Waals surface area contributed by atoms with Crippen LogP contribution in [0, 0.1) is 0 Å². The number of para-hydroxylation sites is 1. The fourth-order valence-electron chi connectivity index (χ4n) is 4.86. The zero-order chi connectivity index (χ0) is 25.7. The number of fused-ring (bicyclic) bond motifs is 1. The van der Waals surface area contributed by atoms with Gasteiger partial charge in [-0.15, -0.1) is 0 Å². The number of rotatable bonds is 8. The molecule has 0 saturated heterocycles. The first-order valence-corrected chi connectivity index (χ1v) is 12.5. The number of ether oxygens (including phenoxy) is 2. The summed E-state index contributed by atoms with van der Waals surface area (Å²) in [5.41, 5.74) is 3.12. The van der Waals surface area contributed by atoms with Crippen molar-refractivity contribution in [2.45, 2.75) is 45.1 Å². The molecule has 188 valence electrons. The Morgan fingerprint density at radius 1 is 0.917 bits per heavy atom. The molecule has 36 heavy (non-hydrogen) atoms. The van der Waals surface area contributed by atoms with Crippen molar-refractivity contribution in [3.8, 4) is 11.5 Å². The predicted octanol–water partition coefficient (Wildman–Crippen LogP) is 6.06. The van der Waals surface area contributed by atoms with Gasteiger partial charge in [0.05, 0.1) is 20.1 Å². The summed E-state index contributed by atoms with van der Waals surface area (Å²) in [6.45, 7) is 4.78. The van der Waals surface area contributed by atoms with E-state index < -0.39 is 0 Å². The lowest BCUT2D eigenvalue weighted by Crippen LogP contribution is -2.47. The Morgan fingerprint density at radius 3 is 2.14 bits per heavy atom. The number of benzene rings is 3. The Labute approximate surface area is 213 Å². The molecule has 6 heteroatoms. The van der Waals surface area contributed by atoms with Gasteiger partial charge in [-0.3, -0.25) is 9.59 Å². The van der Waals surface area contributed by atoms with Crippen LogP contribution in [0.3, 0.4) is 0 Å². The molecule has 1 aliphatic heterocycles. The highest BCUT2D eigenvalue weighted by atomic mass is 16.5. The standard InChI is InChI=1S/C30H34N2O4/c1-5-6-19-31(23-13-17-25(36-4)18-14-23)30(34)27-20-21(2)32(28-10-8-7-9-26(27)28)29(33)22-11-15-24(35-3)16-12-22/h7-18,21,27H,5-6,19-20H2,1-4H3/t21-,27-/m0/s1. The van der Waals surface area contributed by atoms with Crippen LogP contribution in [0.25, 0.3) is 0 Å². The molecular formula is C30H34N2O4. The SMILES string of the molecule is CCCCN(C(=O)[C@H]1C[C@H](C)N(C(=O)c2ccc(OC)cc2)c2ccccc21)c1ccc(OC)cc1. The summed E-state index contributed by atoms with van der Waals surface area (Å²) in [6, 6.07) is 22.4. The van der Waals surface area contributed by atoms with Crippen LogP contribution in [0.2, 0.25) is 0 Å². The van der Waals surface area contributed by atoms with E-state index in [1.54, 1.807) is 38.5 Å². The fourth-order valence-corrected chi connectivity index (χ4v) is 4.86. The first kappa shape index (κ1) is 25.3. The van der Waals surface area contributed by atoms with Crippen LogP contribution in [0.15, 0.2) is 72.8 Å². The van der Waals surface area contributed by atoms with Gasteiger partial charge in [-0.05, 0) is 79.9 Å². The highest BCUT2D eigenvalue weighted by Crippen LogP contribution is 2.41. The van der Waals surface area contributed by atoms with Crippen LogP contribution in [0.5, 0.6) is 11.5 Å². The molecule has 6 nitrogen and oxygen atoms in total. The summed E-state index contributed by atoms with van der Waals surface area (Å²) in [6.07, 6.45) is 2.45. The lowest BCUT2D eigenvalue weighted by atomic mass is 9.84. The van der Waals surface area contributed by atoms with Gasteiger partial charge in [0, 0.05) is 29.5 Å². The summed E-state index contributed by atoms with van der Waals surface area (Å²) in [7, 11) is 3.24. The average Bonchev–Trinajstić information content (AvgIpc) is 2.92. The van der Waals surface area contributed by atoms with Gasteiger partial charge in [0.25, 0.3) is 5.91 Å². The second-order valence-electron chi connectivity index (χ2n) is 9.14. The molecule has 1 aliphatic rings. The smallest absolute Gasteiger partial charge is 0.258 e. The number of carbonyl (C=O) groups excluding carboxylic acids is 2. The molecule has 0 N–H and O–H groups in total. The van der Waals surface area contributed by atoms with Crippen LogP contribution in [-0.4, -0.2) is 38.6 Å². The van der Waals surface area contributed by atoms with Crippen molar-refractivity contribution in [2.24, 2.45) is 0 Å². The highest BCUT2D eigenvalue weighted by molar-refractivity contribution is 6.09. The Morgan fingerprint density at radius 2 is 1.53 bits per heavy atom. The molecule has 0 fully saturated rings. The van der Waals surface area contributed by atoms with E-state index in [9.17, 15) is 9.59 Å². The Hall–Kier alpha value is -3.80. The number of unbranched alkanes of at least 4 members (excludes halogenated alkanes) is 1. The fraction of sp³-hybridized carbons (Fsp3) is 0.333. The molecule has 0 bridgehead atoms. The minimum atomic E-state index is -0.338. The summed E-state index contributed by atoms with van der Waals surface area (Å²) >= 11 is 0. The van der Waals surface area contributed by atoms with Crippen molar-refractivity contribution in [3.05, 3.63) is 83.9 Å². The molecule has 3 aromatic rings. The van der Waals surface area contributed by atoms with E-state index in [2.05, 4.69) is 6.92 Å². The van der Waals surface area contributed by atoms with E-state index in [1.165, 1.54) is 0 Å². The van der Waals surface area contributed by atoms with Crippen molar-refractivity contribution in [1.82, 2.24) is 0 Å². The highest BCUT2D eigenvalue weighted by Gasteiger charge is 2.39. The van der Waals surface area contributed by atoms with Crippen LogP contribution in [-0.2, 0) is 4.79 Å². The van der Waals surface area contributed by atoms with Crippen LogP contribution in [0.1, 0.15) is 54.9 Å². The molecule has 3 aromatic carbocycles. The van der Waals surface area contributed by atoms with Gasteiger partial charge in [-0.1, -0.05) is 31.5 Å². The number of anilines is 2. The average molecular weight is 487 g/mol. The third kappa shape index (κ3) is 5.08. The molecular weight excluding hydrogens is 452 g/mol. The third-order valence-electron chi connectivity index (χ3n) is 6.83. The number of methoxy groups -OCH3 is 2. The van der Waals surface area contributed by atoms with E-state index >= 15 is 0 Å². The van der Waals surface area contributed by atoms with Crippen LogP contribution in [0.4, 0.5) is 11.4 Å². The molecule has 0 aliphatic carbocycles. The molecule has 4 rings (SSSR count). The maximum atomic E-state index is 14.1. The van der Waals surface area contributed by atoms with Crippen molar-refractivity contribution in [1.29, 1.82) is 0 Å². The largest absolute Gasteiger partial charge is 0.497 e. The van der Waals surface area contributed by atoms with Gasteiger partial charge in [0.15, 0.2) is 0 Å². The molecule has 0 aromatic heterocycles. The zero-order valence-corrected chi connectivity index (χ0v) is 21.4. The van der Waals surface area contributed by atoms with Crippen molar-refractivity contribution >= 4 is 23.2 Å². The van der Waals surface area contributed by atoms with E-state index in [0.29, 0.717) is 24.3 Å². The van der Waals surface area contributed by atoms with E-state index in [1.807, 2.05) is 65.3 Å². The number of hydrogen-bond acceptors (Lipinski definition) is 4. The summed E-state index contributed by atoms with van der Waals surface area (Å²) < 4.78 is 10.5. The van der Waals surface area contributed by atoms with Crippen LogP contribution >= 0.6 is 0 Å². The summed E-state index contributed by atoms with van der Waals surface area (Å²) in [5, 5.41) is 0. The van der Waals surface area contributed by atoms with Gasteiger partial charge in [0.2, 0.25) is 5.91 Å². The van der Waals surface area contributed by atoms with Crippen molar-refractivity contribution < 1.29 is 19.1 Å². The first-order chi connectivity index (χ1) is 17.5. The lowest BCUT2D eigenvalue weighted by molar-refractivity contribution is -0.120. The number of nitrogens with zero attached hydrogens (tertiary/aromatic N) is 2. The first-order valence-electron chi connectivity index (χ1n) is 12.5. The maximum Gasteiger partial charge on any atom is 0.258 e. The minimum absolute atomic E-state index is 0.0597. The van der Waals surface area contributed by atoms with Gasteiger partial charge >= 0.3 is 0 Å². The molecule has 0 unspecified atom stereocenters. The van der Waals surface area contributed by atoms with Gasteiger partial charge < -0.3 is 19.3 Å². The molecule has 0 saturated carbocycles. The quantitative estimate of drug-likeness (QED) is 0.388. The topological polar surface area (TPSA) is 59.1 Å². The molecule has 1 heterocycles. The second kappa shape index (κ2) is 11.3. The minimum Gasteiger partial charge on any atom is -0.497 e. The third-order valence-corrected chi connectivity index (χ3v) is 6.83. The van der Waals surface area contributed by atoms with Gasteiger partial charge in [-0.25, -0.2) is 0 Å². The van der Waals surface area contributed by atoms with Gasteiger partial charge in [0.1, 0.15) is 11.5 Å². The number of carbonyl (C=O) groups is 2. The number of amides is 2. The zero-order valence-electron chi connectivity index (χ0n) is 21.4. The molecule has 0 radical (unpaired) electrons. The van der Waals surface area contributed by atoms with E-state index in [0.717, 1.165) is 35.5 Å². The van der Waals surface area contributed by atoms with Gasteiger partial charge in [-0.2, -0.15) is 0 Å². The predicted molar refractivity (Wildman–Crippen MR) is 143 cm³/mol. The number of hydrogen-bond donors (Lipinski definition) is 0. The lowest BCUT2D eigenvalue weighted by Gasteiger charge is -2.40. The summed E-state index contributed by atoms with van der Waals surface area (Å²) in [5.74, 6) is 1.10. The van der Waals surface area contributed by atoms with Crippen molar-refractivity contribution in [3.63, 3.8) is 0 Å². The molecule has 0 spiro atoms. The monoisotopic (exact) mass is 486 g/mol. The maximum absolute atomic E-state index is 14.1. The Bertz CT molecular complexity index is 1190. The molecule has 2 atom stereocenters. The van der Waals surface area contributed by atoms with E-state index in [-0.39, 0.29) is 23.8 Å². The van der Waals surface area contributed by atoms with E-state index in [4.69, 9.17) is 9.47 Å². The normalized spacial score (nSPS) is 16.7. The second-order valence-corrected chi connectivity index (χ2v) is 9.14. The van der Waals surface area contributed by atoms with Crippen molar-refractivity contribution in [2.75, 3.05) is 30.6 Å². The molecule has 2 amide bonds. The summed E-state index contributed by atoms with van der Waals surface area (Å²) in [4.78, 5) is 31.4.